The first-order valence-electron chi connectivity index (χ1n) is 8.90. The number of carbonyl (C=O) groups is 1. The molecule has 1 aliphatic rings. The Bertz CT molecular complexity index is 902. The van der Waals surface area contributed by atoms with E-state index in [0.29, 0.717) is 18.7 Å². The van der Waals surface area contributed by atoms with Gasteiger partial charge in [-0.3, -0.25) is 9.89 Å². The van der Waals surface area contributed by atoms with Crippen molar-refractivity contribution in [3.8, 4) is 11.3 Å². The van der Waals surface area contributed by atoms with E-state index in [-0.39, 0.29) is 11.9 Å². The zero-order chi connectivity index (χ0) is 18.1. The molecule has 3 heterocycles. The quantitative estimate of drug-likeness (QED) is 0.788. The number of aryl methyl sites for hydroxylation is 2. The highest BCUT2D eigenvalue weighted by Crippen LogP contribution is 2.25. The molecule has 1 aliphatic heterocycles. The third-order valence-electron chi connectivity index (χ3n) is 5.04. The number of likely N-dealkylation sites (tertiary alicyclic amines) is 1. The Kier molecular flexibility index (Phi) is 4.28. The Balaban J connectivity index is 1.41. The van der Waals surface area contributed by atoms with E-state index in [2.05, 4.69) is 51.7 Å². The largest absolute Gasteiger partial charge is 0.338 e. The maximum absolute atomic E-state index is 12.6. The van der Waals surface area contributed by atoms with Gasteiger partial charge in [0.1, 0.15) is 5.69 Å². The average molecular weight is 350 g/mol. The van der Waals surface area contributed by atoms with Gasteiger partial charge in [0, 0.05) is 24.3 Å². The van der Waals surface area contributed by atoms with Gasteiger partial charge in [-0.1, -0.05) is 35.0 Å². The number of H-pyrrole nitrogens is 1. The van der Waals surface area contributed by atoms with Crippen LogP contribution in [0.5, 0.6) is 0 Å². The summed E-state index contributed by atoms with van der Waals surface area (Å²) in [4.78, 5) is 14.5. The molecule has 0 aliphatic carbocycles. The Morgan fingerprint density at radius 3 is 2.54 bits per heavy atom. The predicted octanol–water partition coefficient (Wildman–Crippen LogP) is 2.76. The molecule has 3 aromatic rings. The number of hydrogen-bond donors (Lipinski definition) is 1. The first-order valence-corrected chi connectivity index (χ1v) is 8.90. The van der Waals surface area contributed by atoms with Crippen molar-refractivity contribution >= 4 is 5.91 Å². The third kappa shape index (κ3) is 3.12. The van der Waals surface area contributed by atoms with Crippen LogP contribution in [0.1, 0.15) is 40.5 Å². The van der Waals surface area contributed by atoms with Gasteiger partial charge in [-0.15, -0.1) is 5.10 Å². The van der Waals surface area contributed by atoms with Crippen LogP contribution in [0.15, 0.2) is 36.7 Å². The molecule has 1 fully saturated rings. The Hall–Kier alpha value is -2.96. The lowest BCUT2D eigenvalue weighted by Gasteiger charge is -2.31. The normalized spacial score (nSPS) is 15.4. The summed E-state index contributed by atoms with van der Waals surface area (Å²) < 4.78 is 1.94. The molecule has 26 heavy (non-hydrogen) atoms. The molecule has 2 aromatic heterocycles. The molecular weight excluding hydrogens is 328 g/mol. The van der Waals surface area contributed by atoms with Crippen molar-refractivity contribution in [3.05, 3.63) is 53.5 Å². The van der Waals surface area contributed by atoms with Crippen molar-refractivity contribution in [1.82, 2.24) is 30.1 Å². The van der Waals surface area contributed by atoms with Crippen LogP contribution < -0.4 is 0 Å². The molecule has 1 amide bonds. The second-order valence-electron chi connectivity index (χ2n) is 6.88. The van der Waals surface area contributed by atoms with Gasteiger partial charge >= 0.3 is 0 Å². The lowest BCUT2D eigenvalue weighted by molar-refractivity contribution is 0.0688. The molecular formula is C19H22N6O. The lowest BCUT2D eigenvalue weighted by atomic mass is 10.0. The maximum atomic E-state index is 12.6. The molecule has 0 bridgehead atoms. The number of aromatic nitrogens is 5. The summed E-state index contributed by atoms with van der Waals surface area (Å²) >= 11 is 0. The number of carbonyl (C=O) groups excluding carboxylic acids is 1. The minimum Gasteiger partial charge on any atom is -0.338 e. The van der Waals surface area contributed by atoms with E-state index >= 15 is 0 Å². The summed E-state index contributed by atoms with van der Waals surface area (Å²) in [5.74, 6) is 0.0497. The minimum absolute atomic E-state index is 0.0497. The van der Waals surface area contributed by atoms with Crippen molar-refractivity contribution < 1.29 is 4.79 Å². The Morgan fingerprint density at radius 2 is 1.88 bits per heavy atom. The molecule has 1 aromatic carbocycles. The molecule has 134 valence electrons. The van der Waals surface area contributed by atoms with E-state index in [4.69, 9.17) is 0 Å². The molecule has 7 heteroatoms. The van der Waals surface area contributed by atoms with E-state index in [9.17, 15) is 4.79 Å². The van der Waals surface area contributed by atoms with Crippen LogP contribution in [0.4, 0.5) is 0 Å². The number of hydrogen-bond acceptors (Lipinski definition) is 4. The van der Waals surface area contributed by atoms with Crippen molar-refractivity contribution in [2.75, 3.05) is 13.1 Å². The fourth-order valence-corrected chi connectivity index (χ4v) is 3.38. The highest BCUT2D eigenvalue weighted by molar-refractivity contribution is 5.95. The van der Waals surface area contributed by atoms with E-state index in [1.54, 1.807) is 6.20 Å². The number of benzene rings is 1. The van der Waals surface area contributed by atoms with Crippen LogP contribution in [0, 0.1) is 13.8 Å². The summed E-state index contributed by atoms with van der Waals surface area (Å²) in [6.45, 7) is 5.37. The smallest absolute Gasteiger partial charge is 0.257 e. The summed E-state index contributed by atoms with van der Waals surface area (Å²) in [5.41, 5.74) is 4.66. The van der Waals surface area contributed by atoms with Crippen LogP contribution in [-0.2, 0) is 0 Å². The summed E-state index contributed by atoms with van der Waals surface area (Å²) in [7, 11) is 0. The van der Waals surface area contributed by atoms with Gasteiger partial charge in [-0.25, -0.2) is 4.68 Å². The summed E-state index contributed by atoms with van der Waals surface area (Å²) in [6, 6.07) is 8.57. The van der Waals surface area contributed by atoms with Crippen LogP contribution in [0.25, 0.3) is 11.3 Å². The molecule has 1 saturated heterocycles. The number of nitrogens with one attached hydrogen (secondary N) is 1. The van der Waals surface area contributed by atoms with Crippen LogP contribution in [0.2, 0.25) is 0 Å². The van der Waals surface area contributed by atoms with Crippen LogP contribution >= 0.6 is 0 Å². The fourth-order valence-electron chi connectivity index (χ4n) is 3.38. The van der Waals surface area contributed by atoms with Gasteiger partial charge in [0.2, 0.25) is 0 Å². The molecule has 1 N–H and O–H groups in total. The summed E-state index contributed by atoms with van der Waals surface area (Å²) in [6.07, 6.45) is 5.36. The van der Waals surface area contributed by atoms with Crippen molar-refractivity contribution in [2.24, 2.45) is 0 Å². The molecule has 0 atom stereocenters. The average Bonchev–Trinajstić information content (AvgIpc) is 3.31. The first kappa shape index (κ1) is 16.5. The van der Waals surface area contributed by atoms with Gasteiger partial charge < -0.3 is 4.90 Å². The molecule has 0 saturated carbocycles. The number of amides is 1. The highest BCUT2D eigenvalue weighted by atomic mass is 16.2. The molecule has 4 rings (SSSR count). The van der Waals surface area contributed by atoms with Gasteiger partial charge in [0.25, 0.3) is 5.91 Å². The highest BCUT2D eigenvalue weighted by Gasteiger charge is 2.26. The number of aromatic amines is 1. The van der Waals surface area contributed by atoms with Crippen molar-refractivity contribution in [3.63, 3.8) is 0 Å². The van der Waals surface area contributed by atoms with E-state index in [0.717, 1.165) is 29.8 Å². The van der Waals surface area contributed by atoms with Gasteiger partial charge in [-0.2, -0.15) is 5.10 Å². The van der Waals surface area contributed by atoms with E-state index < -0.39 is 0 Å². The molecule has 7 nitrogen and oxygen atoms in total. The van der Waals surface area contributed by atoms with Gasteiger partial charge in [0.15, 0.2) is 0 Å². The predicted molar refractivity (Wildman–Crippen MR) is 97.7 cm³/mol. The number of nitrogens with zero attached hydrogens (tertiary/aromatic N) is 5. The zero-order valence-electron chi connectivity index (χ0n) is 15.0. The maximum Gasteiger partial charge on any atom is 0.257 e. The second kappa shape index (κ2) is 6.74. The Labute approximate surface area is 152 Å². The summed E-state index contributed by atoms with van der Waals surface area (Å²) in [5, 5.41) is 15.4. The van der Waals surface area contributed by atoms with E-state index in [1.165, 1.54) is 5.56 Å². The lowest BCUT2D eigenvalue weighted by Crippen LogP contribution is -2.39. The standard InChI is InChI=1S/C19H22N6O/c1-13-3-5-15(6-4-13)18-12-25(23-22-18)16-7-9-24(10-8-16)19(26)17-11-20-21-14(17)2/h3-6,11-12,16H,7-10H2,1-2H3,(H,20,21). The van der Waals surface area contributed by atoms with Gasteiger partial charge in [0.05, 0.1) is 24.0 Å². The van der Waals surface area contributed by atoms with Crippen LogP contribution in [0.3, 0.4) is 0 Å². The minimum atomic E-state index is 0.0497. The fraction of sp³-hybridized carbons (Fsp3) is 0.368. The topological polar surface area (TPSA) is 79.7 Å². The number of rotatable bonds is 3. The van der Waals surface area contributed by atoms with Crippen molar-refractivity contribution in [2.45, 2.75) is 32.7 Å². The van der Waals surface area contributed by atoms with Crippen molar-refractivity contribution in [1.29, 1.82) is 0 Å². The Morgan fingerprint density at radius 1 is 1.15 bits per heavy atom. The number of piperidine rings is 1. The zero-order valence-corrected chi connectivity index (χ0v) is 15.0. The van der Waals surface area contributed by atoms with Crippen LogP contribution in [-0.4, -0.2) is 49.1 Å². The SMILES string of the molecule is Cc1ccc(-c2cn(C3CCN(C(=O)c4cn[nH]c4C)CC3)nn2)cc1. The monoisotopic (exact) mass is 350 g/mol. The molecule has 0 spiro atoms. The molecule has 0 unspecified atom stereocenters. The molecule has 0 radical (unpaired) electrons. The third-order valence-corrected chi connectivity index (χ3v) is 5.04. The second-order valence-corrected chi connectivity index (χ2v) is 6.88. The van der Waals surface area contributed by atoms with Gasteiger partial charge in [-0.05, 0) is 26.7 Å². The first-order chi connectivity index (χ1) is 12.6. The van der Waals surface area contributed by atoms with E-state index in [1.807, 2.05) is 22.7 Å².